The highest BCUT2D eigenvalue weighted by Gasteiger charge is 2.12. The number of halogens is 1. The van der Waals surface area contributed by atoms with Crippen LogP contribution in [0.3, 0.4) is 0 Å². The molecule has 28 heavy (non-hydrogen) atoms. The lowest BCUT2D eigenvalue weighted by atomic mass is 10.2. The molecule has 3 rings (SSSR count). The Morgan fingerprint density at radius 3 is 2.86 bits per heavy atom. The SMILES string of the molecule is C#CCOc1ccc(/C=N\n2c(-c3ccccc3F)n[nH]c2=S)cc1OCC. The summed E-state index contributed by atoms with van der Waals surface area (Å²) in [5, 5.41) is 11.1. The molecule has 2 aromatic carbocycles. The molecule has 0 spiro atoms. The van der Waals surface area contributed by atoms with Crippen LogP contribution in [0, 0.1) is 22.9 Å². The zero-order valence-corrected chi connectivity index (χ0v) is 15.9. The van der Waals surface area contributed by atoms with Crippen molar-refractivity contribution in [2.75, 3.05) is 13.2 Å². The second-order valence-corrected chi connectivity index (χ2v) is 5.91. The molecule has 3 aromatic rings. The van der Waals surface area contributed by atoms with Crippen molar-refractivity contribution in [3.05, 3.63) is 58.6 Å². The molecule has 0 saturated carbocycles. The van der Waals surface area contributed by atoms with Gasteiger partial charge in [-0.25, -0.2) is 9.49 Å². The Hall–Kier alpha value is -3.44. The van der Waals surface area contributed by atoms with E-state index in [1.807, 2.05) is 6.92 Å². The molecular weight excluding hydrogens is 379 g/mol. The molecule has 0 aliphatic rings. The maximum absolute atomic E-state index is 14.1. The standard InChI is InChI=1S/C20H17FN4O2S/c1-3-11-27-17-10-9-14(12-18(17)26-4-2)13-22-25-19(23-24-20(25)28)15-7-5-6-8-16(15)21/h1,5-10,12-13H,4,11H2,2H3,(H,24,28)/b22-13-. The van der Waals surface area contributed by atoms with E-state index in [9.17, 15) is 4.39 Å². The summed E-state index contributed by atoms with van der Waals surface area (Å²) in [6, 6.07) is 11.6. The van der Waals surface area contributed by atoms with Gasteiger partial charge in [-0.1, -0.05) is 18.1 Å². The first-order valence-corrected chi connectivity index (χ1v) is 8.84. The van der Waals surface area contributed by atoms with Crippen molar-refractivity contribution < 1.29 is 13.9 Å². The van der Waals surface area contributed by atoms with Gasteiger partial charge in [-0.3, -0.25) is 0 Å². The van der Waals surface area contributed by atoms with Gasteiger partial charge in [0.05, 0.1) is 18.4 Å². The summed E-state index contributed by atoms with van der Waals surface area (Å²) < 4.78 is 26.8. The highest BCUT2D eigenvalue weighted by molar-refractivity contribution is 7.71. The molecule has 1 heterocycles. The van der Waals surface area contributed by atoms with E-state index >= 15 is 0 Å². The molecule has 0 aliphatic heterocycles. The van der Waals surface area contributed by atoms with Gasteiger partial charge in [-0.2, -0.15) is 14.9 Å². The van der Waals surface area contributed by atoms with Gasteiger partial charge in [-0.05, 0) is 55.0 Å². The number of nitrogens with zero attached hydrogens (tertiary/aromatic N) is 3. The molecule has 0 unspecified atom stereocenters. The second kappa shape index (κ2) is 8.97. The van der Waals surface area contributed by atoms with E-state index in [-0.39, 0.29) is 17.2 Å². The van der Waals surface area contributed by atoms with Gasteiger partial charge >= 0.3 is 0 Å². The van der Waals surface area contributed by atoms with E-state index in [1.165, 1.54) is 10.7 Å². The van der Waals surface area contributed by atoms with Crippen molar-refractivity contribution in [3.63, 3.8) is 0 Å². The fourth-order valence-corrected chi connectivity index (χ4v) is 2.63. The fourth-order valence-electron chi connectivity index (χ4n) is 2.45. The maximum atomic E-state index is 14.1. The Bertz CT molecular complexity index is 1100. The third kappa shape index (κ3) is 4.27. The summed E-state index contributed by atoms with van der Waals surface area (Å²) >= 11 is 5.21. The molecule has 0 aliphatic carbocycles. The number of H-pyrrole nitrogens is 1. The van der Waals surface area contributed by atoms with Gasteiger partial charge in [0, 0.05) is 0 Å². The lowest BCUT2D eigenvalue weighted by molar-refractivity contribution is 0.299. The second-order valence-electron chi connectivity index (χ2n) is 5.52. The Balaban J connectivity index is 1.94. The van der Waals surface area contributed by atoms with E-state index < -0.39 is 5.82 Å². The quantitative estimate of drug-likeness (QED) is 0.372. The summed E-state index contributed by atoms with van der Waals surface area (Å²) in [5.41, 5.74) is 1.03. The summed E-state index contributed by atoms with van der Waals surface area (Å²) in [6.07, 6.45) is 6.81. The van der Waals surface area contributed by atoms with Crippen molar-refractivity contribution in [3.8, 4) is 35.2 Å². The average molecular weight is 396 g/mol. The average Bonchev–Trinajstić information content (AvgIpc) is 3.06. The molecule has 0 amide bonds. The number of benzene rings is 2. The maximum Gasteiger partial charge on any atom is 0.216 e. The minimum absolute atomic E-state index is 0.143. The van der Waals surface area contributed by atoms with Gasteiger partial charge in [0.1, 0.15) is 12.4 Å². The molecule has 0 atom stereocenters. The van der Waals surface area contributed by atoms with Crippen LogP contribution in [0.4, 0.5) is 4.39 Å². The third-order valence-electron chi connectivity index (χ3n) is 3.67. The van der Waals surface area contributed by atoms with E-state index in [0.29, 0.717) is 23.7 Å². The van der Waals surface area contributed by atoms with E-state index in [0.717, 1.165) is 5.56 Å². The Morgan fingerprint density at radius 2 is 2.11 bits per heavy atom. The third-order valence-corrected chi connectivity index (χ3v) is 3.93. The highest BCUT2D eigenvalue weighted by atomic mass is 32.1. The zero-order chi connectivity index (χ0) is 19.9. The van der Waals surface area contributed by atoms with Crippen LogP contribution in [-0.4, -0.2) is 34.3 Å². The van der Waals surface area contributed by atoms with Crippen LogP contribution < -0.4 is 9.47 Å². The first-order valence-electron chi connectivity index (χ1n) is 8.43. The highest BCUT2D eigenvalue weighted by Crippen LogP contribution is 2.28. The molecule has 0 saturated heterocycles. The zero-order valence-electron chi connectivity index (χ0n) is 15.1. The number of nitrogens with one attached hydrogen (secondary N) is 1. The summed E-state index contributed by atoms with van der Waals surface area (Å²) in [7, 11) is 0. The predicted octanol–water partition coefficient (Wildman–Crippen LogP) is 4.04. The number of aromatic nitrogens is 3. The van der Waals surface area contributed by atoms with E-state index in [1.54, 1.807) is 42.6 Å². The van der Waals surface area contributed by atoms with Crippen LogP contribution in [-0.2, 0) is 0 Å². The number of terminal acetylenes is 1. The van der Waals surface area contributed by atoms with Crippen molar-refractivity contribution >= 4 is 18.4 Å². The van der Waals surface area contributed by atoms with Crippen molar-refractivity contribution in [1.29, 1.82) is 0 Å². The lowest BCUT2D eigenvalue weighted by Gasteiger charge is -2.10. The lowest BCUT2D eigenvalue weighted by Crippen LogP contribution is -2.00. The summed E-state index contributed by atoms with van der Waals surface area (Å²) in [5.74, 6) is 3.37. The van der Waals surface area contributed by atoms with Gasteiger partial charge in [0.15, 0.2) is 17.3 Å². The number of hydrogen-bond acceptors (Lipinski definition) is 5. The molecule has 0 radical (unpaired) electrons. The molecule has 0 fully saturated rings. The van der Waals surface area contributed by atoms with E-state index in [2.05, 4.69) is 21.2 Å². The van der Waals surface area contributed by atoms with E-state index in [4.69, 9.17) is 28.1 Å². The molecule has 8 heteroatoms. The van der Waals surface area contributed by atoms with Gasteiger partial charge in [0.2, 0.25) is 4.77 Å². The normalized spacial score (nSPS) is 10.8. The summed E-state index contributed by atoms with van der Waals surface area (Å²) in [6.45, 7) is 2.48. The Morgan fingerprint density at radius 1 is 1.29 bits per heavy atom. The van der Waals surface area contributed by atoms with Gasteiger partial charge in [-0.15, -0.1) is 6.42 Å². The summed E-state index contributed by atoms with van der Waals surface area (Å²) in [4.78, 5) is 0. The van der Waals surface area contributed by atoms with Gasteiger partial charge in [0.25, 0.3) is 0 Å². The molecule has 1 N–H and O–H groups in total. The van der Waals surface area contributed by atoms with Crippen molar-refractivity contribution in [1.82, 2.24) is 14.9 Å². The monoisotopic (exact) mass is 396 g/mol. The van der Waals surface area contributed by atoms with Crippen molar-refractivity contribution in [2.24, 2.45) is 5.10 Å². The topological polar surface area (TPSA) is 64.4 Å². The number of ether oxygens (including phenoxy) is 2. The number of rotatable bonds is 7. The molecule has 1 aromatic heterocycles. The Labute approximate surface area is 166 Å². The first kappa shape index (κ1) is 19.3. The van der Waals surface area contributed by atoms with Crippen LogP contribution in [0.25, 0.3) is 11.4 Å². The predicted molar refractivity (Wildman–Crippen MR) is 108 cm³/mol. The van der Waals surface area contributed by atoms with Crippen LogP contribution in [0.1, 0.15) is 12.5 Å². The minimum Gasteiger partial charge on any atom is -0.490 e. The largest absolute Gasteiger partial charge is 0.490 e. The molecule has 6 nitrogen and oxygen atoms in total. The smallest absolute Gasteiger partial charge is 0.216 e. The number of hydrogen-bond donors (Lipinski definition) is 1. The van der Waals surface area contributed by atoms with Crippen LogP contribution in [0.5, 0.6) is 11.5 Å². The first-order chi connectivity index (χ1) is 13.6. The van der Waals surface area contributed by atoms with Crippen LogP contribution >= 0.6 is 12.2 Å². The number of aromatic amines is 1. The minimum atomic E-state index is -0.415. The fraction of sp³-hybridized carbons (Fsp3) is 0.150. The molecular formula is C20H17FN4O2S. The Kier molecular flexibility index (Phi) is 6.19. The van der Waals surface area contributed by atoms with Crippen LogP contribution in [0.15, 0.2) is 47.6 Å². The van der Waals surface area contributed by atoms with Gasteiger partial charge < -0.3 is 9.47 Å². The van der Waals surface area contributed by atoms with Crippen LogP contribution in [0.2, 0.25) is 0 Å². The molecule has 0 bridgehead atoms. The molecule has 142 valence electrons. The van der Waals surface area contributed by atoms with Crippen molar-refractivity contribution in [2.45, 2.75) is 6.92 Å².